The van der Waals surface area contributed by atoms with Crippen LogP contribution in [0.1, 0.15) is 6.42 Å². The molecule has 1 unspecified atom stereocenters. The van der Waals surface area contributed by atoms with Gasteiger partial charge in [-0.3, -0.25) is 0 Å². The average molecular weight is 195 g/mol. The Balaban J connectivity index is 3.46. The predicted octanol–water partition coefficient (Wildman–Crippen LogP) is 3.08. The van der Waals surface area contributed by atoms with Gasteiger partial charge in [-0.05, 0) is 6.42 Å². The monoisotopic (exact) mass is 194 g/mol. The lowest BCUT2D eigenvalue weighted by Gasteiger charge is -2.00. The highest BCUT2D eigenvalue weighted by molar-refractivity contribution is 9.09. The largest absolute Gasteiger partial charge is 0.103 e. The average Bonchev–Trinajstić information content (AvgIpc) is 1.67. The fraction of sp³-hybridized carbons (Fsp3) is 0.333. The minimum atomic E-state index is 0.182. The zero-order chi connectivity index (χ0) is 6.57. The van der Waals surface area contributed by atoms with Gasteiger partial charge in [-0.2, -0.15) is 0 Å². The maximum absolute atomic E-state index is 5.52. The summed E-state index contributed by atoms with van der Waals surface area (Å²) in [4.78, 5) is 0.182. The highest BCUT2D eigenvalue weighted by atomic mass is 79.9. The smallest absolute Gasteiger partial charge is 0.0531 e. The highest BCUT2D eigenvalue weighted by Crippen LogP contribution is 2.17. The second kappa shape index (κ2) is 4.16. The normalized spacial score (nSPS) is 12.8. The van der Waals surface area contributed by atoms with E-state index in [2.05, 4.69) is 29.1 Å². The molecule has 0 bridgehead atoms. The van der Waals surface area contributed by atoms with Crippen LogP contribution in [0.4, 0.5) is 0 Å². The van der Waals surface area contributed by atoms with Gasteiger partial charge in [0.25, 0.3) is 0 Å². The van der Waals surface area contributed by atoms with Gasteiger partial charge in [-0.15, -0.1) is 6.58 Å². The van der Waals surface area contributed by atoms with Gasteiger partial charge in [-0.25, -0.2) is 0 Å². The fourth-order valence-electron chi connectivity index (χ4n) is 0.274. The quantitative estimate of drug-likeness (QED) is 0.480. The molecule has 0 aliphatic heterocycles. The predicted molar refractivity (Wildman–Crippen MR) is 42.5 cm³/mol. The van der Waals surface area contributed by atoms with Crippen LogP contribution in [0.25, 0.3) is 0 Å². The van der Waals surface area contributed by atoms with Crippen molar-refractivity contribution in [2.45, 2.75) is 11.2 Å². The number of allylic oxidation sites excluding steroid dienone is 2. The van der Waals surface area contributed by atoms with Crippen LogP contribution in [0.3, 0.4) is 0 Å². The van der Waals surface area contributed by atoms with Crippen molar-refractivity contribution in [3.8, 4) is 0 Å². The van der Waals surface area contributed by atoms with Gasteiger partial charge in [0.2, 0.25) is 0 Å². The molecule has 0 saturated heterocycles. The maximum Gasteiger partial charge on any atom is 0.0531 e. The second-order valence-corrected chi connectivity index (χ2v) is 3.03. The Bertz CT molecular complexity index is 98.7. The van der Waals surface area contributed by atoms with Crippen molar-refractivity contribution in [1.82, 2.24) is 0 Å². The van der Waals surface area contributed by atoms with E-state index in [9.17, 15) is 0 Å². The van der Waals surface area contributed by atoms with Crippen LogP contribution in [0.2, 0.25) is 0 Å². The van der Waals surface area contributed by atoms with Gasteiger partial charge < -0.3 is 0 Å². The van der Waals surface area contributed by atoms with Crippen molar-refractivity contribution in [1.29, 1.82) is 0 Å². The Hall–Kier alpha value is 0.250. The van der Waals surface area contributed by atoms with E-state index in [0.29, 0.717) is 5.03 Å². The van der Waals surface area contributed by atoms with E-state index in [0.717, 1.165) is 6.42 Å². The summed E-state index contributed by atoms with van der Waals surface area (Å²) in [5.41, 5.74) is 0. The Morgan fingerprint density at radius 3 is 2.50 bits per heavy atom. The number of halogens is 2. The van der Waals surface area contributed by atoms with E-state index >= 15 is 0 Å². The molecule has 0 heterocycles. The first kappa shape index (κ1) is 8.25. The molecule has 0 aromatic rings. The topological polar surface area (TPSA) is 0 Å². The first-order chi connectivity index (χ1) is 3.68. The summed E-state index contributed by atoms with van der Waals surface area (Å²) in [6, 6.07) is 0. The van der Waals surface area contributed by atoms with E-state index < -0.39 is 0 Å². The third-order valence-electron chi connectivity index (χ3n) is 0.713. The molecule has 0 amide bonds. The Labute approximate surface area is 63.4 Å². The number of rotatable bonds is 3. The Morgan fingerprint density at radius 2 is 2.38 bits per heavy atom. The Morgan fingerprint density at radius 1 is 1.88 bits per heavy atom. The molecule has 46 valence electrons. The molecule has 0 aromatic heterocycles. The molecule has 0 rings (SSSR count). The summed E-state index contributed by atoms with van der Waals surface area (Å²) in [7, 11) is 0. The van der Waals surface area contributed by atoms with Gasteiger partial charge in [0.1, 0.15) is 0 Å². The lowest BCUT2D eigenvalue weighted by atomic mass is 10.3. The summed E-state index contributed by atoms with van der Waals surface area (Å²) in [5.74, 6) is 0. The minimum Gasteiger partial charge on any atom is -0.103 e. The molecule has 0 aliphatic rings. The van der Waals surface area contributed by atoms with Crippen LogP contribution in [-0.2, 0) is 0 Å². The molecular formula is C6H8BrCl. The third-order valence-corrected chi connectivity index (χ3v) is 2.17. The van der Waals surface area contributed by atoms with Crippen molar-refractivity contribution in [3.05, 3.63) is 24.3 Å². The minimum absolute atomic E-state index is 0.182. The van der Waals surface area contributed by atoms with Crippen molar-refractivity contribution in [3.63, 3.8) is 0 Å². The van der Waals surface area contributed by atoms with Gasteiger partial charge in [-0.1, -0.05) is 40.2 Å². The summed E-state index contributed by atoms with van der Waals surface area (Å²) in [6.45, 7) is 7.10. The van der Waals surface area contributed by atoms with Crippen LogP contribution in [0.5, 0.6) is 0 Å². The second-order valence-electron chi connectivity index (χ2n) is 1.44. The third kappa shape index (κ3) is 3.28. The molecule has 0 N–H and O–H groups in total. The highest BCUT2D eigenvalue weighted by Gasteiger charge is 2.01. The maximum atomic E-state index is 5.52. The van der Waals surface area contributed by atoms with Gasteiger partial charge in [0.15, 0.2) is 0 Å². The summed E-state index contributed by atoms with van der Waals surface area (Å²) < 4.78 is 0. The molecule has 0 saturated carbocycles. The van der Waals surface area contributed by atoms with Crippen molar-refractivity contribution < 1.29 is 0 Å². The first-order valence-corrected chi connectivity index (χ1v) is 3.57. The summed E-state index contributed by atoms with van der Waals surface area (Å²) in [5, 5.41) is 0.630. The summed E-state index contributed by atoms with van der Waals surface area (Å²) in [6.07, 6.45) is 2.63. The molecule has 0 aliphatic carbocycles. The van der Waals surface area contributed by atoms with Gasteiger partial charge in [0.05, 0.1) is 4.83 Å². The number of hydrogen-bond acceptors (Lipinski definition) is 0. The number of hydrogen-bond donors (Lipinski definition) is 0. The molecule has 2 heteroatoms. The van der Waals surface area contributed by atoms with Crippen molar-refractivity contribution >= 4 is 27.5 Å². The van der Waals surface area contributed by atoms with Crippen molar-refractivity contribution in [2.75, 3.05) is 0 Å². The molecule has 0 spiro atoms. The number of alkyl halides is 1. The molecule has 0 nitrogen and oxygen atoms in total. The van der Waals surface area contributed by atoms with E-state index in [1.165, 1.54) is 0 Å². The van der Waals surface area contributed by atoms with Crippen LogP contribution in [0.15, 0.2) is 24.3 Å². The summed E-state index contributed by atoms with van der Waals surface area (Å²) >= 11 is 8.82. The van der Waals surface area contributed by atoms with E-state index in [1.54, 1.807) is 6.08 Å². The van der Waals surface area contributed by atoms with Crippen LogP contribution in [0, 0.1) is 0 Å². The molecule has 0 radical (unpaired) electrons. The first-order valence-electron chi connectivity index (χ1n) is 2.27. The zero-order valence-electron chi connectivity index (χ0n) is 4.53. The van der Waals surface area contributed by atoms with Gasteiger partial charge in [0, 0.05) is 5.03 Å². The molecule has 0 aromatic carbocycles. The van der Waals surface area contributed by atoms with E-state index in [1.807, 2.05) is 0 Å². The fourth-order valence-corrected chi connectivity index (χ4v) is 0.628. The molecule has 0 fully saturated rings. The lowest BCUT2D eigenvalue weighted by Crippen LogP contribution is -1.92. The van der Waals surface area contributed by atoms with Crippen molar-refractivity contribution in [2.24, 2.45) is 0 Å². The van der Waals surface area contributed by atoms with Crippen LogP contribution >= 0.6 is 27.5 Å². The van der Waals surface area contributed by atoms with Crippen LogP contribution < -0.4 is 0 Å². The Kier molecular flexibility index (Phi) is 4.29. The lowest BCUT2D eigenvalue weighted by molar-refractivity contribution is 1.08. The molecule has 1 atom stereocenters. The van der Waals surface area contributed by atoms with Gasteiger partial charge >= 0.3 is 0 Å². The van der Waals surface area contributed by atoms with Crippen LogP contribution in [-0.4, -0.2) is 4.83 Å². The zero-order valence-corrected chi connectivity index (χ0v) is 6.87. The molecule has 8 heavy (non-hydrogen) atoms. The standard InChI is InChI=1S/C6H8BrCl/c1-3-4-6(7)5(2)8/h3,6H,1-2,4H2. The SMILES string of the molecule is C=CCC(Br)C(=C)Cl. The van der Waals surface area contributed by atoms with E-state index in [4.69, 9.17) is 11.6 Å². The van der Waals surface area contributed by atoms with E-state index in [-0.39, 0.29) is 4.83 Å². The molecular weight excluding hydrogens is 187 g/mol.